The van der Waals surface area contributed by atoms with Crippen LogP contribution in [-0.2, 0) is 6.54 Å². The van der Waals surface area contributed by atoms with Crippen LogP contribution in [0.2, 0.25) is 0 Å². The summed E-state index contributed by atoms with van der Waals surface area (Å²) >= 11 is 0. The van der Waals surface area contributed by atoms with Crippen LogP contribution in [0.25, 0.3) is 0 Å². The van der Waals surface area contributed by atoms with Gasteiger partial charge in [-0.2, -0.15) is 0 Å². The van der Waals surface area contributed by atoms with Crippen molar-refractivity contribution in [2.24, 2.45) is 0 Å². The van der Waals surface area contributed by atoms with Crippen molar-refractivity contribution in [3.05, 3.63) is 35.4 Å². The molecule has 0 amide bonds. The lowest BCUT2D eigenvalue weighted by Gasteiger charge is -2.27. The van der Waals surface area contributed by atoms with Gasteiger partial charge < -0.3 is 5.32 Å². The minimum atomic E-state index is 0.841. The van der Waals surface area contributed by atoms with E-state index in [0.29, 0.717) is 0 Å². The summed E-state index contributed by atoms with van der Waals surface area (Å²) in [6.07, 6.45) is 5.65. The summed E-state index contributed by atoms with van der Waals surface area (Å²) in [7, 11) is 0. The van der Waals surface area contributed by atoms with E-state index in [4.69, 9.17) is 0 Å². The number of rotatable bonds is 3. The highest BCUT2D eigenvalue weighted by molar-refractivity contribution is 5.27. The first-order valence-corrected chi connectivity index (χ1v) is 7.44. The van der Waals surface area contributed by atoms with Crippen LogP contribution in [0.15, 0.2) is 24.3 Å². The molecule has 2 fully saturated rings. The van der Waals surface area contributed by atoms with E-state index < -0.39 is 0 Å². The molecule has 1 N–H and O–H groups in total. The molecule has 3 rings (SSSR count). The molecule has 0 atom stereocenters. The fourth-order valence-corrected chi connectivity index (χ4v) is 3.33. The van der Waals surface area contributed by atoms with Gasteiger partial charge in [-0.25, -0.2) is 0 Å². The first-order valence-electron chi connectivity index (χ1n) is 7.44. The third-order valence-corrected chi connectivity index (χ3v) is 4.39. The Kier molecular flexibility index (Phi) is 3.96. The predicted octanol–water partition coefficient (Wildman–Crippen LogP) is 2.75. The predicted molar refractivity (Wildman–Crippen MR) is 75.8 cm³/mol. The Morgan fingerprint density at radius 3 is 2.67 bits per heavy atom. The lowest BCUT2D eigenvalue weighted by Crippen LogP contribution is -2.42. The Balaban J connectivity index is 1.66. The summed E-state index contributed by atoms with van der Waals surface area (Å²) in [5, 5.41) is 3.41. The van der Waals surface area contributed by atoms with Crippen LogP contribution in [0, 0.1) is 0 Å². The SMILES string of the molecule is c1cc(CN2CCNCC2)cc(C2CCCC2)c1. The molecule has 0 spiro atoms. The molecule has 1 saturated heterocycles. The Bertz CT molecular complexity index is 376. The number of benzene rings is 1. The molecule has 18 heavy (non-hydrogen) atoms. The van der Waals surface area contributed by atoms with Crippen LogP contribution in [0.5, 0.6) is 0 Å². The van der Waals surface area contributed by atoms with Gasteiger partial charge in [-0.3, -0.25) is 4.90 Å². The fraction of sp³-hybridized carbons (Fsp3) is 0.625. The van der Waals surface area contributed by atoms with Crippen molar-refractivity contribution >= 4 is 0 Å². The highest BCUT2D eigenvalue weighted by Crippen LogP contribution is 2.34. The van der Waals surface area contributed by atoms with Gasteiger partial charge >= 0.3 is 0 Å². The molecule has 1 aliphatic heterocycles. The average molecular weight is 244 g/mol. The minimum absolute atomic E-state index is 0.841. The molecular weight excluding hydrogens is 220 g/mol. The highest BCUT2D eigenvalue weighted by Gasteiger charge is 2.17. The van der Waals surface area contributed by atoms with Gasteiger partial charge in [0, 0.05) is 32.7 Å². The van der Waals surface area contributed by atoms with Crippen molar-refractivity contribution in [3.63, 3.8) is 0 Å². The van der Waals surface area contributed by atoms with Crippen molar-refractivity contribution in [1.82, 2.24) is 10.2 Å². The fourth-order valence-electron chi connectivity index (χ4n) is 3.33. The molecule has 1 aromatic carbocycles. The summed E-state index contributed by atoms with van der Waals surface area (Å²) in [5.74, 6) is 0.841. The average Bonchev–Trinajstić information content (AvgIpc) is 2.94. The van der Waals surface area contributed by atoms with E-state index in [1.807, 2.05) is 0 Å². The van der Waals surface area contributed by atoms with Crippen molar-refractivity contribution in [3.8, 4) is 0 Å². The molecule has 1 saturated carbocycles. The lowest BCUT2D eigenvalue weighted by molar-refractivity contribution is 0.233. The number of nitrogens with one attached hydrogen (secondary N) is 1. The zero-order valence-electron chi connectivity index (χ0n) is 11.2. The van der Waals surface area contributed by atoms with Gasteiger partial charge in [-0.1, -0.05) is 37.1 Å². The largest absolute Gasteiger partial charge is 0.314 e. The molecule has 2 nitrogen and oxygen atoms in total. The number of hydrogen-bond acceptors (Lipinski definition) is 2. The Morgan fingerprint density at radius 2 is 1.89 bits per heavy atom. The van der Waals surface area contributed by atoms with Gasteiger partial charge in [0.1, 0.15) is 0 Å². The second-order valence-corrected chi connectivity index (χ2v) is 5.75. The molecule has 1 aliphatic carbocycles. The maximum Gasteiger partial charge on any atom is 0.0234 e. The molecule has 0 bridgehead atoms. The monoisotopic (exact) mass is 244 g/mol. The molecule has 0 aromatic heterocycles. The van der Waals surface area contributed by atoms with E-state index in [-0.39, 0.29) is 0 Å². The summed E-state index contributed by atoms with van der Waals surface area (Å²) < 4.78 is 0. The van der Waals surface area contributed by atoms with E-state index in [1.54, 1.807) is 5.56 Å². The van der Waals surface area contributed by atoms with Gasteiger partial charge in [-0.15, -0.1) is 0 Å². The van der Waals surface area contributed by atoms with Crippen molar-refractivity contribution in [2.75, 3.05) is 26.2 Å². The molecule has 2 aliphatic rings. The summed E-state index contributed by atoms with van der Waals surface area (Å²) in [6, 6.07) is 9.33. The van der Waals surface area contributed by atoms with Crippen molar-refractivity contribution in [2.45, 2.75) is 38.1 Å². The molecule has 1 aromatic rings. The number of piperazine rings is 1. The molecule has 1 heterocycles. The van der Waals surface area contributed by atoms with Crippen LogP contribution in [0.3, 0.4) is 0 Å². The lowest BCUT2D eigenvalue weighted by atomic mass is 9.96. The Morgan fingerprint density at radius 1 is 1.11 bits per heavy atom. The Hall–Kier alpha value is -0.860. The number of hydrogen-bond donors (Lipinski definition) is 1. The molecule has 98 valence electrons. The smallest absolute Gasteiger partial charge is 0.0234 e. The van der Waals surface area contributed by atoms with Crippen LogP contribution < -0.4 is 5.32 Å². The first-order chi connectivity index (χ1) is 8.92. The van der Waals surface area contributed by atoms with Gasteiger partial charge in [0.05, 0.1) is 0 Å². The standard InChI is InChI=1S/C16H24N2/c1-2-6-15(5-1)16-7-3-4-14(12-16)13-18-10-8-17-9-11-18/h3-4,7,12,15,17H,1-2,5-6,8-11,13H2. The van der Waals surface area contributed by atoms with Gasteiger partial charge in [0.2, 0.25) is 0 Å². The molecule has 0 unspecified atom stereocenters. The topological polar surface area (TPSA) is 15.3 Å². The van der Waals surface area contributed by atoms with Gasteiger partial charge in [0.25, 0.3) is 0 Å². The van der Waals surface area contributed by atoms with E-state index in [0.717, 1.165) is 25.6 Å². The van der Waals surface area contributed by atoms with Crippen molar-refractivity contribution < 1.29 is 0 Å². The Labute approximate surface area is 110 Å². The van der Waals surface area contributed by atoms with Crippen LogP contribution in [-0.4, -0.2) is 31.1 Å². The maximum atomic E-state index is 3.41. The number of nitrogens with zero attached hydrogens (tertiary/aromatic N) is 1. The molecular formula is C16H24N2. The third kappa shape index (κ3) is 2.93. The summed E-state index contributed by atoms with van der Waals surface area (Å²) in [5.41, 5.74) is 3.08. The first kappa shape index (κ1) is 12.2. The molecule has 0 radical (unpaired) electrons. The summed E-state index contributed by atoms with van der Waals surface area (Å²) in [4.78, 5) is 2.56. The normalized spacial score (nSPS) is 22.4. The van der Waals surface area contributed by atoms with E-state index in [1.165, 1.54) is 44.3 Å². The highest BCUT2D eigenvalue weighted by atomic mass is 15.2. The second kappa shape index (κ2) is 5.85. The van der Waals surface area contributed by atoms with E-state index >= 15 is 0 Å². The van der Waals surface area contributed by atoms with E-state index in [2.05, 4.69) is 34.5 Å². The van der Waals surface area contributed by atoms with Crippen LogP contribution >= 0.6 is 0 Å². The molecule has 2 heteroatoms. The van der Waals surface area contributed by atoms with Crippen LogP contribution in [0.1, 0.15) is 42.7 Å². The van der Waals surface area contributed by atoms with Gasteiger partial charge in [0.15, 0.2) is 0 Å². The minimum Gasteiger partial charge on any atom is -0.314 e. The van der Waals surface area contributed by atoms with Crippen LogP contribution in [0.4, 0.5) is 0 Å². The quantitative estimate of drug-likeness (QED) is 0.879. The zero-order chi connectivity index (χ0) is 12.2. The van der Waals surface area contributed by atoms with Gasteiger partial charge in [-0.05, 0) is 29.9 Å². The maximum absolute atomic E-state index is 3.41. The zero-order valence-corrected chi connectivity index (χ0v) is 11.2. The third-order valence-electron chi connectivity index (χ3n) is 4.39. The van der Waals surface area contributed by atoms with Crippen molar-refractivity contribution in [1.29, 1.82) is 0 Å². The summed E-state index contributed by atoms with van der Waals surface area (Å²) in [6.45, 7) is 5.79. The second-order valence-electron chi connectivity index (χ2n) is 5.75. The van der Waals surface area contributed by atoms with E-state index in [9.17, 15) is 0 Å².